The molecule has 2 aromatic rings. The molecule has 1 amide bonds. The molecule has 8 nitrogen and oxygen atoms in total. The van der Waals surface area contributed by atoms with Crippen LogP contribution in [0.3, 0.4) is 0 Å². The van der Waals surface area contributed by atoms with Gasteiger partial charge in [0, 0.05) is 5.69 Å². The van der Waals surface area contributed by atoms with Gasteiger partial charge in [0.05, 0.1) is 17.8 Å². The molecule has 2 rings (SSSR count). The molecule has 1 atom stereocenters. The first-order valence-electron chi connectivity index (χ1n) is 8.57. The van der Waals surface area contributed by atoms with Crippen molar-refractivity contribution in [2.45, 2.75) is 16.7 Å². The molecule has 0 aliphatic rings. The summed E-state index contributed by atoms with van der Waals surface area (Å²) in [7, 11) is -3.36. The van der Waals surface area contributed by atoms with Gasteiger partial charge in [0.2, 0.25) is 5.60 Å². The molecule has 0 saturated carbocycles. The van der Waals surface area contributed by atoms with Crippen LogP contribution in [-0.4, -0.2) is 56.6 Å². The summed E-state index contributed by atoms with van der Waals surface area (Å²) in [5, 5.41) is 12.2. The van der Waals surface area contributed by atoms with Gasteiger partial charge in [0.1, 0.15) is 12.4 Å². The molecule has 2 N–H and O–H groups in total. The monoisotopic (exact) mass is 461 g/mol. The molecule has 1 unspecified atom stereocenters. The van der Waals surface area contributed by atoms with Gasteiger partial charge in [-0.1, -0.05) is 18.2 Å². The van der Waals surface area contributed by atoms with Crippen LogP contribution < -0.4 is 10.1 Å². The first-order chi connectivity index (χ1) is 14.4. The Morgan fingerprint density at radius 1 is 1.03 bits per heavy atom. The fourth-order valence-corrected chi connectivity index (χ4v) is 3.96. The predicted molar refractivity (Wildman–Crippen MR) is 102 cm³/mol. The highest BCUT2D eigenvalue weighted by Gasteiger charge is 2.43. The van der Waals surface area contributed by atoms with E-state index in [1.54, 1.807) is 23.5 Å². The Hall–Kier alpha value is -3.12. The molecular weight excluding hydrogens is 443 g/mol. The number of carbonyl (C=O) groups is 2. The number of hydrogen-bond acceptors (Lipinski definition) is 7. The molecule has 0 aliphatic carbocycles. The van der Waals surface area contributed by atoms with Crippen molar-refractivity contribution in [2.24, 2.45) is 0 Å². The van der Waals surface area contributed by atoms with Gasteiger partial charge >= 0.3 is 18.1 Å². The van der Waals surface area contributed by atoms with Crippen LogP contribution in [0.1, 0.15) is 0 Å². The molecule has 12 heteroatoms. The van der Waals surface area contributed by atoms with E-state index in [4.69, 9.17) is 4.74 Å². The molecule has 0 aromatic heterocycles. The molecule has 168 valence electrons. The van der Waals surface area contributed by atoms with Gasteiger partial charge in [0.25, 0.3) is 0 Å². The van der Waals surface area contributed by atoms with E-state index < -0.39 is 50.7 Å². The smallest absolute Gasteiger partial charge is 0.471 e. The lowest BCUT2D eigenvalue weighted by Gasteiger charge is -2.25. The summed E-state index contributed by atoms with van der Waals surface area (Å²) >= 11 is 0. The number of alkyl halides is 3. The number of sulfone groups is 1. The van der Waals surface area contributed by atoms with E-state index in [1.165, 1.54) is 12.1 Å². The van der Waals surface area contributed by atoms with Crippen molar-refractivity contribution in [2.75, 3.05) is 24.8 Å². The number of amides is 1. The molecule has 2 aromatic carbocycles. The maximum atomic E-state index is 12.7. The fourth-order valence-electron chi connectivity index (χ4n) is 2.41. The molecular formula is C19H18F3NO7S. The fraction of sp³-hybridized carbons (Fsp3) is 0.263. The van der Waals surface area contributed by atoms with Crippen molar-refractivity contribution in [3.8, 4) is 5.75 Å². The average Bonchev–Trinajstić information content (AvgIpc) is 2.72. The number of ether oxygens (including phenoxy) is 2. The van der Waals surface area contributed by atoms with Gasteiger partial charge < -0.3 is 19.9 Å². The van der Waals surface area contributed by atoms with Crippen LogP contribution >= 0.6 is 0 Å². The van der Waals surface area contributed by atoms with Gasteiger partial charge in [-0.05, 0) is 36.4 Å². The lowest BCUT2D eigenvalue weighted by Crippen LogP contribution is -2.50. The first-order valence-corrected chi connectivity index (χ1v) is 10.2. The van der Waals surface area contributed by atoms with Gasteiger partial charge in [-0.15, -0.1) is 0 Å². The topological polar surface area (TPSA) is 119 Å². The van der Waals surface area contributed by atoms with Crippen LogP contribution in [0.2, 0.25) is 0 Å². The van der Waals surface area contributed by atoms with Gasteiger partial charge in [-0.2, -0.15) is 13.2 Å². The third-order valence-corrected chi connectivity index (χ3v) is 5.79. The number of aliphatic hydroxyl groups is 1. The number of halogens is 3. The van der Waals surface area contributed by atoms with E-state index >= 15 is 0 Å². The second kappa shape index (κ2) is 9.35. The highest BCUT2D eigenvalue weighted by Crippen LogP contribution is 2.23. The number of para-hydroxylation sites is 1. The second-order valence-corrected chi connectivity index (χ2v) is 8.35. The van der Waals surface area contributed by atoms with Gasteiger partial charge in [-0.3, -0.25) is 4.79 Å². The minimum atomic E-state index is -5.11. The van der Waals surface area contributed by atoms with Crippen LogP contribution in [0.5, 0.6) is 5.75 Å². The summed E-state index contributed by atoms with van der Waals surface area (Å²) in [6.07, 6.45) is -5.11. The van der Waals surface area contributed by atoms with E-state index in [-0.39, 0.29) is 11.4 Å². The number of rotatable bonds is 8. The standard InChI is InChI=1S/C19H18F3NO7S/c1-29-17(25)18(26,11-30-14-5-3-2-4-6-14)12-31(27,28)15-9-7-13(8-10-15)23-16(24)19(20,21)22/h2-10,26H,11-12H2,1H3,(H,23,24). The average molecular weight is 461 g/mol. The number of hydrogen-bond donors (Lipinski definition) is 2. The quantitative estimate of drug-likeness (QED) is 0.577. The number of anilines is 1. The van der Waals surface area contributed by atoms with Crippen LogP contribution in [-0.2, 0) is 24.2 Å². The van der Waals surface area contributed by atoms with Crippen molar-refractivity contribution >= 4 is 27.4 Å². The summed E-state index contributed by atoms with van der Waals surface area (Å²) in [6.45, 7) is -0.733. The summed E-state index contributed by atoms with van der Waals surface area (Å²) in [4.78, 5) is 22.6. The molecule has 0 aliphatic heterocycles. The molecule has 0 radical (unpaired) electrons. The number of methoxy groups -OCH3 is 1. The minimum absolute atomic E-state index is 0.270. The highest BCUT2D eigenvalue weighted by molar-refractivity contribution is 7.91. The van der Waals surface area contributed by atoms with Crippen LogP contribution in [0.25, 0.3) is 0 Å². The lowest BCUT2D eigenvalue weighted by molar-refractivity contribution is -0.167. The normalized spacial score (nSPS) is 13.7. The molecule has 0 bridgehead atoms. The maximum absolute atomic E-state index is 12.7. The number of nitrogens with one attached hydrogen (secondary N) is 1. The van der Waals surface area contributed by atoms with Crippen molar-refractivity contribution in [1.82, 2.24) is 0 Å². The predicted octanol–water partition coefficient (Wildman–Crippen LogP) is 1.94. The third kappa shape index (κ3) is 6.43. The van der Waals surface area contributed by atoms with E-state index in [1.807, 2.05) is 0 Å². The summed E-state index contributed by atoms with van der Waals surface area (Å²) in [6, 6.07) is 11.7. The molecule has 0 heterocycles. The van der Waals surface area contributed by atoms with Gasteiger partial charge in [-0.25, -0.2) is 13.2 Å². The van der Waals surface area contributed by atoms with Crippen molar-refractivity contribution in [3.63, 3.8) is 0 Å². The Morgan fingerprint density at radius 2 is 1.61 bits per heavy atom. The molecule has 0 saturated heterocycles. The summed E-state index contributed by atoms with van der Waals surface area (Å²) in [5.41, 5.74) is -2.86. The maximum Gasteiger partial charge on any atom is 0.471 e. The Morgan fingerprint density at radius 3 is 2.13 bits per heavy atom. The van der Waals surface area contributed by atoms with E-state index in [2.05, 4.69) is 4.74 Å². The van der Waals surface area contributed by atoms with Crippen molar-refractivity contribution in [1.29, 1.82) is 0 Å². The number of esters is 1. The van der Waals surface area contributed by atoms with E-state index in [9.17, 15) is 36.3 Å². The molecule has 31 heavy (non-hydrogen) atoms. The van der Waals surface area contributed by atoms with E-state index in [0.717, 1.165) is 31.4 Å². The number of benzene rings is 2. The first kappa shape index (κ1) is 24.2. The Bertz CT molecular complexity index is 1020. The lowest BCUT2D eigenvalue weighted by atomic mass is 10.1. The van der Waals surface area contributed by atoms with Crippen LogP contribution in [0.15, 0.2) is 59.5 Å². The van der Waals surface area contributed by atoms with Crippen molar-refractivity contribution in [3.05, 3.63) is 54.6 Å². The number of carbonyl (C=O) groups excluding carboxylic acids is 2. The summed E-state index contributed by atoms with van der Waals surface area (Å²) < 4.78 is 72.1. The van der Waals surface area contributed by atoms with Crippen LogP contribution in [0.4, 0.5) is 18.9 Å². The zero-order valence-electron chi connectivity index (χ0n) is 16.0. The van der Waals surface area contributed by atoms with Crippen LogP contribution in [0, 0.1) is 0 Å². The highest BCUT2D eigenvalue weighted by atomic mass is 32.2. The van der Waals surface area contributed by atoms with Gasteiger partial charge in [0.15, 0.2) is 9.84 Å². The zero-order chi connectivity index (χ0) is 23.3. The third-order valence-electron chi connectivity index (χ3n) is 3.94. The van der Waals surface area contributed by atoms with E-state index in [0.29, 0.717) is 0 Å². The summed E-state index contributed by atoms with van der Waals surface area (Å²) in [5.74, 6) is -4.32. The SMILES string of the molecule is COC(=O)C(O)(COc1ccccc1)CS(=O)(=O)c1ccc(NC(=O)C(F)(F)F)cc1. The minimum Gasteiger partial charge on any atom is -0.490 e. The second-order valence-electron chi connectivity index (χ2n) is 6.36. The molecule has 0 spiro atoms. The molecule has 0 fully saturated rings. The van der Waals surface area contributed by atoms with Crippen molar-refractivity contribution < 1.29 is 45.8 Å². The Balaban J connectivity index is 2.19. The Labute approximate surface area is 175 Å². The largest absolute Gasteiger partial charge is 0.490 e. The Kier molecular flexibility index (Phi) is 7.28. The zero-order valence-corrected chi connectivity index (χ0v) is 16.9.